The molecule has 0 radical (unpaired) electrons. The lowest BCUT2D eigenvalue weighted by atomic mass is 10.1. The maximum absolute atomic E-state index is 11.9. The summed E-state index contributed by atoms with van der Waals surface area (Å²) in [6.45, 7) is 1.72. The lowest BCUT2D eigenvalue weighted by Crippen LogP contribution is -2.28. The zero-order valence-electron chi connectivity index (χ0n) is 11.3. The summed E-state index contributed by atoms with van der Waals surface area (Å²) in [4.78, 5) is 34.2. The second kappa shape index (κ2) is 5.66. The van der Waals surface area contributed by atoms with Gasteiger partial charge in [0.25, 0.3) is 5.56 Å². The molecule has 0 atom stereocenters. The first-order valence-corrected chi connectivity index (χ1v) is 6.26. The zero-order chi connectivity index (χ0) is 15.6. The first-order valence-electron chi connectivity index (χ1n) is 6.26. The number of fused-ring (bicyclic) bond motifs is 1. The molecule has 0 fully saturated rings. The van der Waals surface area contributed by atoms with Crippen LogP contribution in [0.15, 0.2) is 29.1 Å². The van der Waals surface area contributed by atoms with Gasteiger partial charge in [-0.15, -0.1) is 0 Å². The summed E-state index contributed by atoms with van der Waals surface area (Å²) >= 11 is 0. The third kappa shape index (κ3) is 2.86. The standard InChI is InChI=1S/C14H14N2O5/c1-2-21-10-6-9(14(19)20)5-8-3-4-12(18)16(13(8)10)7-11(15)17/h3-6H,2,7H2,1H3,(H2,15,17)(H,19,20). The van der Waals surface area contributed by atoms with Crippen LogP contribution in [0.25, 0.3) is 10.9 Å². The van der Waals surface area contributed by atoms with Gasteiger partial charge < -0.3 is 15.6 Å². The number of primary amides is 1. The van der Waals surface area contributed by atoms with E-state index in [-0.39, 0.29) is 24.5 Å². The molecule has 1 amide bonds. The molecule has 7 heteroatoms. The molecule has 110 valence electrons. The van der Waals surface area contributed by atoms with Gasteiger partial charge in [-0.05, 0) is 25.1 Å². The van der Waals surface area contributed by atoms with Crippen LogP contribution in [0.5, 0.6) is 5.75 Å². The van der Waals surface area contributed by atoms with Gasteiger partial charge in [0.2, 0.25) is 5.91 Å². The number of rotatable bonds is 5. The molecule has 0 spiro atoms. The molecule has 0 aliphatic rings. The van der Waals surface area contributed by atoms with Crippen LogP contribution in [-0.4, -0.2) is 28.2 Å². The van der Waals surface area contributed by atoms with Crippen molar-refractivity contribution >= 4 is 22.8 Å². The van der Waals surface area contributed by atoms with Gasteiger partial charge in [-0.25, -0.2) is 4.79 Å². The number of carbonyl (C=O) groups excluding carboxylic acids is 1. The van der Waals surface area contributed by atoms with Crippen LogP contribution in [-0.2, 0) is 11.3 Å². The predicted molar refractivity (Wildman–Crippen MR) is 75.5 cm³/mol. The van der Waals surface area contributed by atoms with Crippen LogP contribution in [0.2, 0.25) is 0 Å². The number of aromatic nitrogens is 1. The van der Waals surface area contributed by atoms with Gasteiger partial charge in [0.1, 0.15) is 12.3 Å². The summed E-state index contributed by atoms with van der Waals surface area (Å²) in [6.07, 6.45) is 0. The largest absolute Gasteiger partial charge is 0.492 e. The van der Waals surface area contributed by atoms with Gasteiger partial charge in [-0.2, -0.15) is 0 Å². The predicted octanol–water partition coefficient (Wildman–Crippen LogP) is 0.584. The van der Waals surface area contributed by atoms with Gasteiger partial charge in [-0.3, -0.25) is 14.2 Å². The first kappa shape index (κ1) is 14.6. The Morgan fingerprint density at radius 3 is 2.62 bits per heavy atom. The van der Waals surface area contributed by atoms with E-state index in [0.29, 0.717) is 10.9 Å². The molecule has 2 aromatic rings. The van der Waals surface area contributed by atoms with Crippen molar-refractivity contribution in [2.45, 2.75) is 13.5 Å². The molecular formula is C14H14N2O5. The van der Waals surface area contributed by atoms with Crippen molar-refractivity contribution in [2.75, 3.05) is 6.61 Å². The number of pyridine rings is 1. The number of hydrogen-bond acceptors (Lipinski definition) is 4. The molecule has 1 heterocycles. The first-order chi connectivity index (χ1) is 9.93. The lowest BCUT2D eigenvalue weighted by molar-refractivity contribution is -0.118. The van der Waals surface area contributed by atoms with Crippen LogP contribution < -0.4 is 16.0 Å². The highest BCUT2D eigenvalue weighted by Crippen LogP contribution is 2.27. The van der Waals surface area contributed by atoms with Crippen LogP contribution in [0.4, 0.5) is 0 Å². The van der Waals surface area contributed by atoms with Crippen LogP contribution in [0.3, 0.4) is 0 Å². The molecule has 1 aromatic carbocycles. The molecule has 7 nitrogen and oxygen atoms in total. The molecular weight excluding hydrogens is 276 g/mol. The number of carboxylic acids is 1. The van der Waals surface area contributed by atoms with Gasteiger partial charge in [-0.1, -0.05) is 0 Å². The van der Waals surface area contributed by atoms with Crippen molar-refractivity contribution in [3.05, 3.63) is 40.2 Å². The number of aromatic carboxylic acids is 1. The van der Waals surface area contributed by atoms with E-state index in [1.807, 2.05) is 0 Å². The summed E-state index contributed by atoms with van der Waals surface area (Å²) in [6, 6.07) is 5.49. The molecule has 0 bridgehead atoms. The number of ether oxygens (including phenoxy) is 1. The third-order valence-electron chi connectivity index (χ3n) is 2.91. The highest BCUT2D eigenvalue weighted by Gasteiger charge is 2.15. The lowest BCUT2D eigenvalue weighted by Gasteiger charge is -2.14. The number of carboxylic acid groups (broad SMARTS) is 1. The van der Waals surface area contributed by atoms with Crippen LogP contribution in [0, 0.1) is 0 Å². The Morgan fingerprint density at radius 2 is 2.05 bits per heavy atom. The van der Waals surface area contributed by atoms with Crippen molar-refractivity contribution in [1.29, 1.82) is 0 Å². The van der Waals surface area contributed by atoms with E-state index in [4.69, 9.17) is 15.6 Å². The van der Waals surface area contributed by atoms with Gasteiger partial charge >= 0.3 is 5.97 Å². The number of hydrogen-bond donors (Lipinski definition) is 2. The smallest absolute Gasteiger partial charge is 0.335 e. The fourth-order valence-electron chi connectivity index (χ4n) is 2.11. The fraction of sp³-hybridized carbons (Fsp3) is 0.214. The van der Waals surface area contributed by atoms with Gasteiger partial charge in [0.15, 0.2) is 0 Å². The van der Waals surface area contributed by atoms with E-state index in [0.717, 1.165) is 0 Å². The summed E-state index contributed by atoms with van der Waals surface area (Å²) in [7, 11) is 0. The number of benzene rings is 1. The average molecular weight is 290 g/mol. The molecule has 0 unspecified atom stereocenters. The monoisotopic (exact) mass is 290 g/mol. The number of amides is 1. The third-order valence-corrected chi connectivity index (χ3v) is 2.91. The van der Waals surface area contributed by atoms with E-state index in [9.17, 15) is 14.4 Å². The van der Waals surface area contributed by atoms with E-state index in [1.165, 1.54) is 28.8 Å². The topological polar surface area (TPSA) is 112 Å². The molecule has 0 aliphatic carbocycles. The summed E-state index contributed by atoms with van der Waals surface area (Å²) in [5, 5.41) is 9.59. The molecule has 0 saturated heterocycles. The Kier molecular flexibility index (Phi) is 3.93. The Morgan fingerprint density at radius 1 is 1.33 bits per heavy atom. The fourth-order valence-corrected chi connectivity index (χ4v) is 2.11. The van der Waals surface area contributed by atoms with Crippen molar-refractivity contribution < 1.29 is 19.4 Å². The van der Waals surface area contributed by atoms with Crippen molar-refractivity contribution in [3.8, 4) is 5.75 Å². The van der Waals surface area contributed by atoms with Crippen LogP contribution in [0.1, 0.15) is 17.3 Å². The SMILES string of the molecule is CCOc1cc(C(=O)O)cc2ccc(=O)n(CC(N)=O)c12. The maximum atomic E-state index is 11.9. The number of carbonyl (C=O) groups is 2. The second-order valence-electron chi connectivity index (χ2n) is 4.37. The van der Waals surface area contributed by atoms with E-state index >= 15 is 0 Å². The average Bonchev–Trinajstić information content (AvgIpc) is 2.41. The van der Waals surface area contributed by atoms with Crippen molar-refractivity contribution in [1.82, 2.24) is 4.57 Å². The second-order valence-corrected chi connectivity index (χ2v) is 4.37. The molecule has 2 rings (SSSR count). The molecule has 21 heavy (non-hydrogen) atoms. The van der Waals surface area contributed by atoms with E-state index in [1.54, 1.807) is 6.92 Å². The highest BCUT2D eigenvalue weighted by molar-refractivity contribution is 5.96. The quantitative estimate of drug-likeness (QED) is 0.836. The Hall–Kier alpha value is -2.83. The summed E-state index contributed by atoms with van der Waals surface area (Å²) in [5.74, 6) is -1.55. The van der Waals surface area contributed by atoms with E-state index < -0.39 is 17.4 Å². The Labute approximate surface area is 119 Å². The minimum absolute atomic E-state index is 0.0372. The maximum Gasteiger partial charge on any atom is 0.335 e. The summed E-state index contributed by atoms with van der Waals surface area (Å²) in [5.41, 5.74) is 5.13. The normalized spacial score (nSPS) is 10.5. The minimum Gasteiger partial charge on any atom is -0.492 e. The summed E-state index contributed by atoms with van der Waals surface area (Å²) < 4.78 is 6.59. The van der Waals surface area contributed by atoms with Crippen molar-refractivity contribution in [3.63, 3.8) is 0 Å². The molecule has 3 N–H and O–H groups in total. The van der Waals surface area contributed by atoms with E-state index in [2.05, 4.69) is 0 Å². The van der Waals surface area contributed by atoms with Gasteiger partial charge in [0.05, 0.1) is 17.7 Å². The minimum atomic E-state index is -1.11. The Balaban J connectivity index is 2.83. The molecule has 0 aliphatic heterocycles. The molecule has 1 aromatic heterocycles. The Bertz CT molecular complexity index is 779. The molecule has 0 saturated carbocycles. The van der Waals surface area contributed by atoms with Gasteiger partial charge in [0, 0.05) is 11.5 Å². The highest BCUT2D eigenvalue weighted by atomic mass is 16.5. The zero-order valence-corrected chi connectivity index (χ0v) is 11.3. The number of nitrogens with two attached hydrogens (primary N) is 1. The number of nitrogens with zero attached hydrogens (tertiary/aromatic N) is 1. The van der Waals surface area contributed by atoms with Crippen LogP contribution >= 0.6 is 0 Å². The van der Waals surface area contributed by atoms with Crippen molar-refractivity contribution in [2.24, 2.45) is 5.73 Å².